The van der Waals surface area contributed by atoms with Crippen molar-refractivity contribution in [2.45, 2.75) is 0 Å². The molecule has 202 valence electrons. The Labute approximate surface area is 247 Å². The number of nitrogens with one attached hydrogen (secondary N) is 1. The number of benzene rings is 6. The lowest BCUT2D eigenvalue weighted by atomic mass is 9.94. The van der Waals surface area contributed by atoms with Crippen LogP contribution in [0, 0.1) is 0 Å². The van der Waals surface area contributed by atoms with Gasteiger partial charge in [0.1, 0.15) is 16.9 Å². The van der Waals surface area contributed by atoms with Crippen molar-refractivity contribution in [1.29, 1.82) is 0 Å². The zero-order valence-corrected chi connectivity index (χ0v) is 23.2. The highest BCUT2D eigenvalue weighted by Gasteiger charge is 2.24. The van der Waals surface area contributed by atoms with Gasteiger partial charge < -0.3 is 8.98 Å². The largest absolute Gasteiger partial charge is 0.455 e. The lowest BCUT2D eigenvalue weighted by molar-refractivity contribution is 0.670. The number of aromatic nitrogens is 3. The Kier molecular flexibility index (Phi) is 5.16. The Hall–Kier alpha value is -5.87. The fraction of sp³-hybridized carbons (Fsp3) is 0. The van der Waals surface area contributed by atoms with Gasteiger partial charge in [-0.1, -0.05) is 115 Å². The van der Waals surface area contributed by atoms with Gasteiger partial charge in [-0.25, -0.2) is 0 Å². The third-order valence-electron chi connectivity index (χ3n) is 8.45. The van der Waals surface area contributed by atoms with Gasteiger partial charge in [0.05, 0.1) is 16.7 Å². The predicted molar refractivity (Wildman–Crippen MR) is 177 cm³/mol. The molecule has 43 heavy (non-hydrogen) atoms. The number of nitrogens with zero attached hydrogens (tertiary/aromatic N) is 2. The maximum Gasteiger partial charge on any atom is 0.143 e. The van der Waals surface area contributed by atoms with E-state index in [0.717, 1.165) is 61.3 Å². The maximum absolute atomic E-state index is 6.69. The molecule has 0 saturated heterocycles. The monoisotopic (exact) mass is 551 g/mol. The lowest BCUT2D eigenvalue weighted by Gasteiger charge is -2.13. The van der Waals surface area contributed by atoms with Crippen LogP contribution < -0.4 is 0 Å². The molecule has 9 rings (SSSR count). The molecule has 4 nitrogen and oxygen atoms in total. The molecule has 0 aliphatic heterocycles. The van der Waals surface area contributed by atoms with Crippen molar-refractivity contribution in [2.75, 3.05) is 0 Å². The van der Waals surface area contributed by atoms with Gasteiger partial charge in [0.15, 0.2) is 0 Å². The summed E-state index contributed by atoms with van der Waals surface area (Å²) in [4.78, 5) is 0. The van der Waals surface area contributed by atoms with Gasteiger partial charge in [0.2, 0.25) is 0 Å². The van der Waals surface area contributed by atoms with Crippen molar-refractivity contribution < 1.29 is 4.42 Å². The second-order valence-corrected chi connectivity index (χ2v) is 10.9. The average molecular weight is 552 g/mol. The molecule has 0 spiro atoms. The summed E-state index contributed by atoms with van der Waals surface area (Å²) in [6.45, 7) is 0. The van der Waals surface area contributed by atoms with Gasteiger partial charge >= 0.3 is 0 Å². The average Bonchev–Trinajstić information content (AvgIpc) is 3.77. The van der Waals surface area contributed by atoms with E-state index in [0.29, 0.717) is 0 Å². The Morgan fingerprint density at radius 3 is 1.81 bits per heavy atom. The lowest BCUT2D eigenvalue weighted by Crippen LogP contribution is -1.96. The highest BCUT2D eigenvalue weighted by atomic mass is 16.3. The first-order chi connectivity index (χ1) is 21.3. The summed E-state index contributed by atoms with van der Waals surface area (Å²) in [5.74, 6) is 0. The van der Waals surface area contributed by atoms with Gasteiger partial charge in [0, 0.05) is 49.5 Å². The third-order valence-corrected chi connectivity index (χ3v) is 8.45. The molecule has 0 saturated carbocycles. The summed E-state index contributed by atoms with van der Waals surface area (Å²) in [7, 11) is 0. The summed E-state index contributed by atoms with van der Waals surface area (Å²) >= 11 is 0. The van der Waals surface area contributed by atoms with E-state index in [2.05, 4.69) is 131 Å². The van der Waals surface area contributed by atoms with E-state index in [4.69, 9.17) is 9.52 Å². The quantitative estimate of drug-likeness (QED) is 0.236. The van der Waals surface area contributed by atoms with Crippen molar-refractivity contribution in [3.05, 3.63) is 146 Å². The number of para-hydroxylation sites is 3. The maximum atomic E-state index is 6.69. The Bertz CT molecular complexity index is 2340. The molecule has 0 unspecified atom stereocenters. The number of aromatic amines is 1. The Morgan fingerprint density at radius 2 is 1.12 bits per heavy atom. The molecule has 4 heteroatoms. The minimum Gasteiger partial charge on any atom is -0.455 e. The second-order valence-electron chi connectivity index (χ2n) is 10.9. The number of rotatable bonds is 4. The summed E-state index contributed by atoms with van der Waals surface area (Å²) in [6.07, 6.45) is 0. The second kappa shape index (κ2) is 9.33. The fourth-order valence-corrected chi connectivity index (χ4v) is 6.55. The molecule has 3 heterocycles. The molecule has 0 radical (unpaired) electrons. The van der Waals surface area contributed by atoms with Crippen molar-refractivity contribution >= 4 is 43.7 Å². The fourth-order valence-electron chi connectivity index (χ4n) is 6.55. The topological polar surface area (TPSA) is 46.8 Å². The molecular weight excluding hydrogens is 526 g/mol. The molecule has 0 aliphatic carbocycles. The zero-order chi connectivity index (χ0) is 28.3. The van der Waals surface area contributed by atoms with E-state index < -0.39 is 0 Å². The van der Waals surface area contributed by atoms with Crippen LogP contribution in [0.5, 0.6) is 0 Å². The SMILES string of the molecule is c1ccc(-c2n[nH]c(-c3ccccc3)c2-c2cc(-n3c4ccccc4c4ccccc43)cc3c2oc2ccccc23)cc1. The van der Waals surface area contributed by atoms with Crippen molar-refractivity contribution in [3.63, 3.8) is 0 Å². The molecule has 0 amide bonds. The first-order valence-electron chi connectivity index (χ1n) is 14.5. The van der Waals surface area contributed by atoms with Crippen LogP contribution in [0.4, 0.5) is 0 Å². The van der Waals surface area contributed by atoms with Crippen LogP contribution in [-0.2, 0) is 0 Å². The van der Waals surface area contributed by atoms with Crippen LogP contribution >= 0.6 is 0 Å². The van der Waals surface area contributed by atoms with E-state index in [1.54, 1.807) is 0 Å². The van der Waals surface area contributed by atoms with Crippen LogP contribution in [0.25, 0.3) is 83.1 Å². The van der Waals surface area contributed by atoms with Crippen molar-refractivity contribution in [2.24, 2.45) is 0 Å². The van der Waals surface area contributed by atoms with E-state index in [9.17, 15) is 0 Å². The molecule has 6 aromatic carbocycles. The highest BCUT2D eigenvalue weighted by molar-refractivity contribution is 6.14. The van der Waals surface area contributed by atoms with Crippen molar-refractivity contribution in [3.8, 4) is 39.3 Å². The molecular formula is C39H25N3O. The van der Waals surface area contributed by atoms with E-state index in [-0.39, 0.29) is 0 Å². The molecule has 1 N–H and O–H groups in total. The third kappa shape index (κ3) is 3.60. The Morgan fingerprint density at radius 1 is 0.535 bits per heavy atom. The van der Waals surface area contributed by atoms with Crippen LogP contribution in [0.3, 0.4) is 0 Å². The van der Waals surface area contributed by atoms with Gasteiger partial charge in [0.25, 0.3) is 0 Å². The summed E-state index contributed by atoms with van der Waals surface area (Å²) in [6, 6.07) is 50.9. The zero-order valence-electron chi connectivity index (χ0n) is 23.2. The first kappa shape index (κ1) is 23.8. The molecule has 0 atom stereocenters. The number of fused-ring (bicyclic) bond motifs is 6. The van der Waals surface area contributed by atoms with E-state index >= 15 is 0 Å². The number of furan rings is 1. The minimum absolute atomic E-state index is 0.849. The summed E-state index contributed by atoms with van der Waals surface area (Å²) in [5.41, 5.74) is 11.1. The van der Waals surface area contributed by atoms with Crippen LogP contribution in [0.15, 0.2) is 150 Å². The smallest absolute Gasteiger partial charge is 0.143 e. The number of hydrogen-bond donors (Lipinski definition) is 1. The van der Waals surface area contributed by atoms with Crippen molar-refractivity contribution in [1.82, 2.24) is 14.8 Å². The summed E-state index contributed by atoms with van der Waals surface area (Å²) < 4.78 is 9.06. The predicted octanol–water partition coefficient (Wildman–Crippen LogP) is 10.4. The van der Waals surface area contributed by atoms with Gasteiger partial charge in [-0.3, -0.25) is 5.10 Å². The molecule has 0 fully saturated rings. The van der Waals surface area contributed by atoms with E-state index in [1.165, 1.54) is 21.8 Å². The normalized spacial score (nSPS) is 11.7. The standard InChI is InChI=1S/C39H25N3O/c1-3-13-25(14-4-1)37-36(38(41-40-37)26-15-5-2-6-16-26)32-24-27(23-31-30-19-9-12-22-35(30)43-39(31)32)42-33-20-10-7-17-28(33)29-18-8-11-21-34(29)42/h1-24H,(H,40,41). The van der Waals surface area contributed by atoms with Crippen LogP contribution in [-0.4, -0.2) is 14.8 Å². The van der Waals surface area contributed by atoms with Gasteiger partial charge in [-0.05, 0) is 30.3 Å². The number of hydrogen-bond acceptors (Lipinski definition) is 2. The number of H-pyrrole nitrogens is 1. The Balaban J connectivity index is 1.45. The van der Waals surface area contributed by atoms with Crippen LogP contribution in [0.2, 0.25) is 0 Å². The first-order valence-corrected chi connectivity index (χ1v) is 14.5. The molecule has 3 aromatic heterocycles. The minimum atomic E-state index is 0.849. The molecule has 9 aromatic rings. The molecule has 0 aliphatic rings. The van der Waals surface area contributed by atoms with Gasteiger partial charge in [-0.2, -0.15) is 5.10 Å². The molecule has 0 bridgehead atoms. The van der Waals surface area contributed by atoms with Crippen LogP contribution in [0.1, 0.15) is 0 Å². The van der Waals surface area contributed by atoms with E-state index in [1.807, 2.05) is 24.3 Å². The highest BCUT2D eigenvalue weighted by Crippen LogP contribution is 2.45. The van der Waals surface area contributed by atoms with Gasteiger partial charge in [-0.15, -0.1) is 0 Å². The summed E-state index contributed by atoms with van der Waals surface area (Å²) in [5, 5.41) is 12.9.